The van der Waals surface area contributed by atoms with E-state index in [0.717, 1.165) is 26.2 Å². The molecule has 21 heavy (non-hydrogen) atoms. The Morgan fingerprint density at radius 3 is 2.52 bits per heavy atom. The molecule has 0 aliphatic carbocycles. The van der Waals surface area contributed by atoms with Gasteiger partial charge in [0.1, 0.15) is 0 Å². The van der Waals surface area contributed by atoms with Gasteiger partial charge in [-0.25, -0.2) is 0 Å². The summed E-state index contributed by atoms with van der Waals surface area (Å²) in [5.74, 6) is 0. The van der Waals surface area contributed by atoms with Crippen molar-refractivity contribution in [3.05, 3.63) is 28.2 Å². The third-order valence-corrected chi connectivity index (χ3v) is 4.54. The Balaban J connectivity index is 2.02. The molecular weight excluding hydrogens is 326 g/mol. The Bertz CT molecular complexity index is 428. The lowest BCUT2D eigenvalue weighted by Crippen LogP contribution is -2.46. The van der Waals surface area contributed by atoms with Crippen molar-refractivity contribution in [1.29, 1.82) is 0 Å². The zero-order valence-electron chi connectivity index (χ0n) is 13.4. The first kappa shape index (κ1) is 16.8. The van der Waals surface area contributed by atoms with Gasteiger partial charge in [-0.15, -0.1) is 0 Å². The van der Waals surface area contributed by atoms with E-state index in [4.69, 9.17) is 0 Å². The normalized spacial score (nSPS) is 16.4. The molecule has 3 nitrogen and oxygen atoms in total. The molecule has 0 radical (unpaired) electrons. The van der Waals surface area contributed by atoms with Crippen molar-refractivity contribution in [2.45, 2.75) is 33.2 Å². The van der Waals surface area contributed by atoms with E-state index in [1.165, 1.54) is 48.2 Å². The predicted octanol–water partition coefficient (Wildman–Crippen LogP) is 3.48. The van der Waals surface area contributed by atoms with E-state index in [9.17, 15) is 0 Å². The van der Waals surface area contributed by atoms with Crippen molar-refractivity contribution in [3.8, 4) is 0 Å². The fourth-order valence-electron chi connectivity index (χ4n) is 2.91. The standard InChI is InChI=1S/C17H28BrN3/c1-3-7-19-14-15-5-6-16(18)13-17(15)21-11-9-20(8-4-2)10-12-21/h5-6,13,19H,3-4,7-12,14H2,1-2H3. The number of nitrogens with zero attached hydrogens (tertiary/aromatic N) is 2. The molecule has 1 aliphatic rings. The molecule has 1 saturated heterocycles. The molecule has 0 spiro atoms. The highest BCUT2D eigenvalue weighted by Gasteiger charge is 2.18. The molecule has 118 valence electrons. The van der Waals surface area contributed by atoms with Crippen molar-refractivity contribution in [3.63, 3.8) is 0 Å². The van der Waals surface area contributed by atoms with Crippen LogP contribution in [0.5, 0.6) is 0 Å². The van der Waals surface area contributed by atoms with Crippen LogP contribution < -0.4 is 10.2 Å². The summed E-state index contributed by atoms with van der Waals surface area (Å²) in [6.07, 6.45) is 2.44. The van der Waals surface area contributed by atoms with Gasteiger partial charge in [0.2, 0.25) is 0 Å². The molecule has 1 aromatic rings. The number of halogens is 1. The van der Waals surface area contributed by atoms with Crippen LogP contribution in [0.1, 0.15) is 32.3 Å². The van der Waals surface area contributed by atoms with Crippen molar-refractivity contribution < 1.29 is 0 Å². The smallest absolute Gasteiger partial charge is 0.0424 e. The van der Waals surface area contributed by atoms with Crippen LogP contribution in [0.3, 0.4) is 0 Å². The molecule has 0 saturated carbocycles. The van der Waals surface area contributed by atoms with Gasteiger partial charge in [-0.3, -0.25) is 4.90 Å². The second-order valence-corrected chi connectivity index (χ2v) is 6.69. The highest BCUT2D eigenvalue weighted by molar-refractivity contribution is 9.10. The van der Waals surface area contributed by atoms with E-state index in [1.807, 2.05) is 0 Å². The van der Waals surface area contributed by atoms with E-state index < -0.39 is 0 Å². The third kappa shape index (κ3) is 4.97. The van der Waals surface area contributed by atoms with Gasteiger partial charge in [-0.05, 0) is 43.6 Å². The van der Waals surface area contributed by atoms with Crippen LogP contribution in [-0.4, -0.2) is 44.2 Å². The van der Waals surface area contributed by atoms with E-state index in [0.29, 0.717) is 0 Å². The number of piperazine rings is 1. The Labute approximate surface area is 137 Å². The average Bonchev–Trinajstić information content (AvgIpc) is 2.50. The number of anilines is 1. The summed E-state index contributed by atoms with van der Waals surface area (Å²) in [5.41, 5.74) is 2.81. The van der Waals surface area contributed by atoms with Crippen LogP contribution in [-0.2, 0) is 6.54 Å². The van der Waals surface area contributed by atoms with Gasteiger partial charge in [0.25, 0.3) is 0 Å². The Morgan fingerprint density at radius 2 is 1.86 bits per heavy atom. The molecule has 1 N–H and O–H groups in total. The highest BCUT2D eigenvalue weighted by Crippen LogP contribution is 2.26. The van der Waals surface area contributed by atoms with Gasteiger partial charge in [0, 0.05) is 42.9 Å². The molecule has 0 bridgehead atoms. The summed E-state index contributed by atoms with van der Waals surface area (Å²) in [6, 6.07) is 6.68. The molecule has 0 atom stereocenters. The zero-order chi connectivity index (χ0) is 15.1. The van der Waals surface area contributed by atoms with E-state index >= 15 is 0 Å². The Kier molecular flexibility index (Phi) is 7.00. The molecule has 1 aliphatic heterocycles. The van der Waals surface area contributed by atoms with Crippen molar-refractivity contribution >= 4 is 21.6 Å². The van der Waals surface area contributed by atoms with E-state index in [-0.39, 0.29) is 0 Å². The maximum atomic E-state index is 3.62. The second-order valence-electron chi connectivity index (χ2n) is 5.78. The van der Waals surface area contributed by atoms with E-state index in [1.54, 1.807) is 0 Å². The van der Waals surface area contributed by atoms with Crippen LogP contribution in [0.25, 0.3) is 0 Å². The summed E-state index contributed by atoms with van der Waals surface area (Å²) in [7, 11) is 0. The lowest BCUT2D eigenvalue weighted by molar-refractivity contribution is 0.258. The molecule has 4 heteroatoms. The summed E-state index contributed by atoms with van der Waals surface area (Å²) in [6.45, 7) is 12.4. The minimum absolute atomic E-state index is 0.964. The number of hydrogen-bond acceptors (Lipinski definition) is 3. The molecule has 1 heterocycles. The molecule has 0 unspecified atom stereocenters. The third-order valence-electron chi connectivity index (χ3n) is 4.04. The number of rotatable bonds is 7. The molecule has 1 aromatic carbocycles. The van der Waals surface area contributed by atoms with Crippen LogP contribution in [0.4, 0.5) is 5.69 Å². The van der Waals surface area contributed by atoms with E-state index in [2.05, 4.69) is 63.1 Å². The summed E-state index contributed by atoms with van der Waals surface area (Å²) in [4.78, 5) is 5.11. The SMILES string of the molecule is CCCNCc1ccc(Br)cc1N1CCN(CCC)CC1. The van der Waals surface area contributed by atoms with Crippen LogP contribution in [0.2, 0.25) is 0 Å². The first-order chi connectivity index (χ1) is 10.2. The molecule has 0 aromatic heterocycles. The van der Waals surface area contributed by atoms with Gasteiger partial charge in [-0.1, -0.05) is 35.8 Å². The van der Waals surface area contributed by atoms with Crippen LogP contribution in [0.15, 0.2) is 22.7 Å². The summed E-state index contributed by atoms with van der Waals surface area (Å²) < 4.78 is 1.17. The van der Waals surface area contributed by atoms with Crippen molar-refractivity contribution in [2.75, 3.05) is 44.2 Å². The van der Waals surface area contributed by atoms with Gasteiger partial charge >= 0.3 is 0 Å². The minimum atomic E-state index is 0.964. The predicted molar refractivity (Wildman–Crippen MR) is 95.1 cm³/mol. The highest BCUT2D eigenvalue weighted by atomic mass is 79.9. The van der Waals surface area contributed by atoms with Crippen molar-refractivity contribution in [1.82, 2.24) is 10.2 Å². The van der Waals surface area contributed by atoms with Gasteiger partial charge in [0.05, 0.1) is 0 Å². The topological polar surface area (TPSA) is 18.5 Å². The van der Waals surface area contributed by atoms with Gasteiger partial charge in [0.15, 0.2) is 0 Å². The quantitative estimate of drug-likeness (QED) is 0.757. The number of hydrogen-bond donors (Lipinski definition) is 1. The monoisotopic (exact) mass is 353 g/mol. The second kappa shape index (κ2) is 8.76. The maximum Gasteiger partial charge on any atom is 0.0424 e. The number of nitrogens with one attached hydrogen (secondary N) is 1. The lowest BCUT2D eigenvalue weighted by Gasteiger charge is -2.37. The molecular formula is C17H28BrN3. The largest absolute Gasteiger partial charge is 0.369 e. The van der Waals surface area contributed by atoms with Crippen LogP contribution in [0, 0.1) is 0 Å². The molecule has 0 amide bonds. The average molecular weight is 354 g/mol. The molecule has 1 fully saturated rings. The Hall–Kier alpha value is -0.580. The Morgan fingerprint density at radius 1 is 1.10 bits per heavy atom. The zero-order valence-corrected chi connectivity index (χ0v) is 15.0. The molecule has 2 rings (SSSR count). The minimum Gasteiger partial charge on any atom is -0.369 e. The number of benzene rings is 1. The lowest BCUT2D eigenvalue weighted by atomic mass is 10.1. The summed E-state index contributed by atoms with van der Waals surface area (Å²) in [5, 5.41) is 3.53. The van der Waals surface area contributed by atoms with Gasteiger partial charge in [-0.2, -0.15) is 0 Å². The fourth-order valence-corrected chi connectivity index (χ4v) is 3.26. The summed E-state index contributed by atoms with van der Waals surface area (Å²) >= 11 is 3.62. The van der Waals surface area contributed by atoms with Crippen LogP contribution >= 0.6 is 15.9 Å². The van der Waals surface area contributed by atoms with Crippen molar-refractivity contribution in [2.24, 2.45) is 0 Å². The first-order valence-electron chi connectivity index (χ1n) is 8.21. The first-order valence-corrected chi connectivity index (χ1v) is 9.00. The fraction of sp³-hybridized carbons (Fsp3) is 0.647. The van der Waals surface area contributed by atoms with Gasteiger partial charge < -0.3 is 10.2 Å². The maximum absolute atomic E-state index is 3.62.